The van der Waals surface area contributed by atoms with Gasteiger partial charge in [0.05, 0.1) is 17.6 Å². The number of piperazine rings is 1. The molecule has 0 bridgehead atoms. The molecule has 0 saturated carbocycles. The van der Waals surface area contributed by atoms with E-state index in [9.17, 15) is 0 Å². The Labute approximate surface area is 115 Å². The first-order valence-electron chi connectivity index (χ1n) is 7.44. The van der Waals surface area contributed by atoms with Crippen molar-refractivity contribution in [2.45, 2.75) is 38.3 Å². The van der Waals surface area contributed by atoms with Crippen LogP contribution in [0, 0.1) is 0 Å². The van der Waals surface area contributed by atoms with Gasteiger partial charge in [-0.3, -0.25) is 9.88 Å². The Morgan fingerprint density at radius 1 is 1.26 bits per heavy atom. The summed E-state index contributed by atoms with van der Waals surface area (Å²) in [5, 5.41) is 0. The number of anilines is 1. The van der Waals surface area contributed by atoms with Crippen LogP contribution in [-0.2, 0) is 0 Å². The number of rotatable bonds is 2. The smallest absolute Gasteiger partial charge is 0.0569 e. The highest BCUT2D eigenvalue weighted by Gasteiger charge is 2.28. The first-order valence-corrected chi connectivity index (χ1v) is 7.44. The monoisotopic (exact) mass is 260 g/mol. The van der Waals surface area contributed by atoms with Gasteiger partial charge in [0.2, 0.25) is 0 Å². The third-order valence-electron chi connectivity index (χ3n) is 4.44. The van der Waals surface area contributed by atoms with Gasteiger partial charge in [-0.05, 0) is 38.4 Å². The van der Waals surface area contributed by atoms with Crippen molar-refractivity contribution < 1.29 is 0 Å². The molecular formula is C15H24N4. The Morgan fingerprint density at radius 2 is 2.16 bits per heavy atom. The average molecular weight is 260 g/mol. The van der Waals surface area contributed by atoms with Crippen LogP contribution in [0.15, 0.2) is 18.3 Å². The van der Waals surface area contributed by atoms with Crippen LogP contribution in [0.5, 0.6) is 0 Å². The van der Waals surface area contributed by atoms with Crippen LogP contribution in [0.2, 0.25) is 0 Å². The average Bonchev–Trinajstić information content (AvgIpc) is 2.47. The van der Waals surface area contributed by atoms with E-state index in [4.69, 9.17) is 5.73 Å². The highest BCUT2D eigenvalue weighted by Crippen LogP contribution is 2.24. The Hall–Kier alpha value is -1.13. The SMILES string of the molecule is CC(N)c1ccc(N2CCN3CCCCC3C2)cn1. The van der Waals surface area contributed by atoms with E-state index in [1.807, 2.05) is 13.1 Å². The van der Waals surface area contributed by atoms with Crippen LogP contribution in [0.3, 0.4) is 0 Å². The zero-order chi connectivity index (χ0) is 13.2. The summed E-state index contributed by atoms with van der Waals surface area (Å²) in [5.41, 5.74) is 8.06. The third kappa shape index (κ3) is 2.74. The minimum Gasteiger partial charge on any atom is -0.367 e. The normalized spacial score (nSPS) is 26.0. The standard InChI is InChI=1S/C15H24N4/c1-12(16)15-6-5-13(10-17-15)19-9-8-18-7-3-2-4-14(18)11-19/h5-6,10,12,14H,2-4,7-9,11,16H2,1H3. The van der Waals surface area contributed by atoms with Gasteiger partial charge in [-0.25, -0.2) is 0 Å². The quantitative estimate of drug-likeness (QED) is 0.880. The van der Waals surface area contributed by atoms with Gasteiger partial charge >= 0.3 is 0 Å². The fraction of sp³-hybridized carbons (Fsp3) is 0.667. The molecule has 2 aliphatic rings. The van der Waals surface area contributed by atoms with Crippen LogP contribution >= 0.6 is 0 Å². The maximum atomic E-state index is 5.85. The maximum Gasteiger partial charge on any atom is 0.0569 e. The van der Waals surface area contributed by atoms with Crippen molar-refractivity contribution in [3.05, 3.63) is 24.0 Å². The molecule has 104 valence electrons. The van der Waals surface area contributed by atoms with Gasteiger partial charge in [-0.1, -0.05) is 6.42 Å². The van der Waals surface area contributed by atoms with Crippen molar-refractivity contribution in [2.75, 3.05) is 31.1 Å². The van der Waals surface area contributed by atoms with Crippen LogP contribution in [-0.4, -0.2) is 42.1 Å². The summed E-state index contributed by atoms with van der Waals surface area (Å²) in [6.45, 7) is 6.73. The lowest BCUT2D eigenvalue weighted by Crippen LogP contribution is -2.54. The largest absolute Gasteiger partial charge is 0.367 e. The predicted molar refractivity (Wildman–Crippen MR) is 78.3 cm³/mol. The summed E-state index contributed by atoms with van der Waals surface area (Å²) >= 11 is 0. The lowest BCUT2D eigenvalue weighted by Gasteiger charge is -2.44. The lowest BCUT2D eigenvalue weighted by molar-refractivity contribution is 0.133. The summed E-state index contributed by atoms with van der Waals surface area (Å²) < 4.78 is 0. The van der Waals surface area contributed by atoms with Gasteiger partial charge in [-0.15, -0.1) is 0 Å². The zero-order valence-corrected chi connectivity index (χ0v) is 11.8. The molecule has 1 aromatic rings. The molecule has 4 nitrogen and oxygen atoms in total. The van der Waals surface area contributed by atoms with E-state index < -0.39 is 0 Å². The van der Waals surface area contributed by atoms with Crippen molar-refractivity contribution in [2.24, 2.45) is 5.73 Å². The van der Waals surface area contributed by atoms with Crippen molar-refractivity contribution in [1.82, 2.24) is 9.88 Å². The van der Waals surface area contributed by atoms with E-state index in [2.05, 4.69) is 26.9 Å². The highest BCUT2D eigenvalue weighted by molar-refractivity contribution is 5.45. The number of aromatic nitrogens is 1. The highest BCUT2D eigenvalue weighted by atomic mass is 15.3. The van der Waals surface area contributed by atoms with Gasteiger partial charge in [0.25, 0.3) is 0 Å². The zero-order valence-electron chi connectivity index (χ0n) is 11.8. The molecule has 3 heterocycles. The molecule has 0 aliphatic carbocycles. The maximum absolute atomic E-state index is 5.85. The van der Waals surface area contributed by atoms with Crippen molar-refractivity contribution in [1.29, 1.82) is 0 Å². The molecule has 0 radical (unpaired) electrons. The summed E-state index contributed by atoms with van der Waals surface area (Å²) in [6.07, 6.45) is 6.09. The molecule has 2 atom stereocenters. The van der Waals surface area contributed by atoms with Crippen LogP contribution < -0.4 is 10.6 Å². The number of pyridine rings is 1. The molecule has 2 unspecified atom stereocenters. The summed E-state index contributed by atoms with van der Waals surface area (Å²) in [7, 11) is 0. The van der Waals surface area contributed by atoms with Crippen LogP contribution in [0.4, 0.5) is 5.69 Å². The number of hydrogen-bond donors (Lipinski definition) is 1. The topological polar surface area (TPSA) is 45.4 Å². The first-order chi connectivity index (χ1) is 9.24. The summed E-state index contributed by atoms with van der Waals surface area (Å²) in [5.74, 6) is 0. The molecule has 2 N–H and O–H groups in total. The number of piperidine rings is 1. The third-order valence-corrected chi connectivity index (χ3v) is 4.44. The van der Waals surface area contributed by atoms with E-state index in [1.165, 1.54) is 38.0 Å². The van der Waals surface area contributed by atoms with Gasteiger partial charge in [0.1, 0.15) is 0 Å². The molecule has 1 aromatic heterocycles. The van der Waals surface area contributed by atoms with E-state index >= 15 is 0 Å². The summed E-state index contributed by atoms with van der Waals surface area (Å²) in [6, 6.07) is 5.00. The summed E-state index contributed by atoms with van der Waals surface area (Å²) in [4.78, 5) is 9.61. The lowest BCUT2D eigenvalue weighted by atomic mass is 9.99. The van der Waals surface area contributed by atoms with E-state index in [0.717, 1.165) is 24.8 Å². The number of hydrogen-bond acceptors (Lipinski definition) is 4. The Kier molecular flexibility index (Phi) is 3.71. The second kappa shape index (κ2) is 5.47. The van der Waals surface area contributed by atoms with E-state index in [0.29, 0.717) is 0 Å². The molecule has 2 aliphatic heterocycles. The van der Waals surface area contributed by atoms with E-state index in [1.54, 1.807) is 0 Å². The molecule has 0 amide bonds. The molecule has 4 heteroatoms. The minimum absolute atomic E-state index is 0.0178. The fourth-order valence-corrected chi connectivity index (χ4v) is 3.24. The van der Waals surface area contributed by atoms with E-state index in [-0.39, 0.29) is 6.04 Å². The second-order valence-electron chi connectivity index (χ2n) is 5.86. The molecule has 0 spiro atoms. The minimum atomic E-state index is 0.0178. The molecule has 2 fully saturated rings. The van der Waals surface area contributed by atoms with Gasteiger partial charge in [-0.2, -0.15) is 0 Å². The molecule has 3 rings (SSSR count). The van der Waals surface area contributed by atoms with Gasteiger partial charge in [0.15, 0.2) is 0 Å². The van der Waals surface area contributed by atoms with Gasteiger partial charge < -0.3 is 10.6 Å². The predicted octanol–water partition coefficient (Wildman–Crippen LogP) is 1.78. The van der Waals surface area contributed by atoms with Crippen LogP contribution in [0.1, 0.15) is 37.9 Å². The first kappa shape index (κ1) is 12.9. The number of fused-ring (bicyclic) bond motifs is 1. The van der Waals surface area contributed by atoms with Crippen molar-refractivity contribution in [3.8, 4) is 0 Å². The Balaban J connectivity index is 1.69. The van der Waals surface area contributed by atoms with Crippen LogP contribution in [0.25, 0.3) is 0 Å². The molecule has 0 aromatic carbocycles. The fourth-order valence-electron chi connectivity index (χ4n) is 3.24. The van der Waals surface area contributed by atoms with Gasteiger partial charge in [0, 0.05) is 31.7 Å². The number of nitrogens with two attached hydrogens (primary N) is 1. The molecular weight excluding hydrogens is 236 g/mol. The van der Waals surface area contributed by atoms with Crippen molar-refractivity contribution in [3.63, 3.8) is 0 Å². The Morgan fingerprint density at radius 3 is 2.89 bits per heavy atom. The molecule has 2 saturated heterocycles. The molecule has 19 heavy (non-hydrogen) atoms. The van der Waals surface area contributed by atoms with Crippen molar-refractivity contribution >= 4 is 5.69 Å². The second-order valence-corrected chi connectivity index (χ2v) is 5.86. The Bertz CT molecular complexity index is 415. The number of nitrogens with zero attached hydrogens (tertiary/aromatic N) is 3.